The first-order chi connectivity index (χ1) is 11.7. The van der Waals surface area contributed by atoms with Crippen molar-refractivity contribution >= 4 is 22.6 Å². The highest BCUT2D eigenvalue weighted by Crippen LogP contribution is 2.46. The number of benzene rings is 1. The summed E-state index contributed by atoms with van der Waals surface area (Å²) in [5.74, 6) is 0.906. The van der Waals surface area contributed by atoms with Crippen molar-refractivity contribution in [1.82, 2.24) is 0 Å². The lowest BCUT2D eigenvalue weighted by atomic mass is 9.63. The number of allylic oxidation sites excluding steroid dienone is 3. The zero-order valence-corrected chi connectivity index (χ0v) is 17.9. The first-order valence-corrected chi connectivity index (χ1v) is 10.3. The summed E-state index contributed by atoms with van der Waals surface area (Å²) in [4.78, 5) is 0. The van der Waals surface area contributed by atoms with Crippen LogP contribution < -0.4 is 0 Å². The maximum Gasteiger partial charge on any atom is 0.147 e. The average molecular weight is 452 g/mol. The van der Waals surface area contributed by atoms with Crippen molar-refractivity contribution in [3.8, 4) is 0 Å². The Morgan fingerprint density at radius 1 is 1.04 bits per heavy atom. The first kappa shape index (κ1) is 19.0. The molecular weight excluding hydrogens is 423 g/mol. The quantitative estimate of drug-likeness (QED) is 0.561. The Morgan fingerprint density at radius 3 is 2.32 bits per heavy atom. The van der Waals surface area contributed by atoms with Crippen LogP contribution in [0.2, 0.25) is 0 Å². The van der Waals surface area contributed by atoms with E-state index in [2.05, 4.69) is 80.6 Å². The smallest absolute Gasteiger partial charge is 0.147 e. The summed E-state index contributed by atoms with van der Waals surface area (Å²) >= 11 is 2.32. The van der Waals surface area contributed by atoms with Crippen molar-refractivity contribution in [1.29, 1.82) is 0 Å². The zero-order valence-electron chi connectivity index (χ0n) is 15.7. The van der Waals surface area contributed by atoms with Crippen LogP contribution in [-0.4, -0.2) is 11.7 Å². The number of hydrogen-bond acceptors (Lipinski definition) is 2. The van der Waals surface area contributed by atoms with Crippen molar-refractivity contribution in [3.63, 3.8) is 0 Å². The van der Waals surface area contributed by atoms with Gasteiger partial charge in [-0.05, 0) is 81.9 Å². The van der Waals surface area contributed by atoms with Crippen molar-refractivity contribution in [2.45, 2.75) is 70.3 Å². The Hall–Kier alpha value is -0.810. The van der Waals surface area contributed by atoms with Crippen LogP contribution in [-0.2, 0) is 15.6 Å². The fraction of sp³-hybridized carbons (Fsp3) is 0.545. The molecule has 2 nitrogen and oxygen atoms in total. The summed E-state index contributed by atoms with van der Waals surface area (Å²) < 4.78 is 7.33. The predicted octanol–water partition coefficient (Wildman–Crippen LogP) is 6.08. The van der Waals surface area contributed by atoms with E-state index in [-0.39, 0.29) is 23.5 Å². The second-order valence-electron chi connectivity index (χ2n) is 8.56. The van der Waals surface area contributed by atoms with Crippen LogP contribution in [0.1, 0.15) is 76.2 Å². The minimum absolute atomic E-state index is 0.0101. The molecule has 1 atom stereocenters. The van der Waals surface area contributed by atoms with Crippen LogP contribution in [0.25, 0.3) is 0 Å². The molecule has 0 heterocycles. The maximum atomic E-state index is 9.96. The number of halogens is 1. The SMILES string of the molecule is CC1(C)CCC(C)(C)c2cc(C(CO)OC3=CCCC=C3I)ccc21. The summed E-state index contributed by atoms with van der Waals surface area (Å²) in [6.45, 7) is 9.31. The molecule has 1 aromatic rings. The summed E-state index contributed by atoms with van der Waals surface area (Å²) in [5.41, 5.74) is 4.30. The highest BCUT2D eigenvalue weighted by Gasteiger charge is 2.37. The van der Waals surface area contributed by atoms with Gasteiger partial charge in [0.15, 0.2) is 0 Å². The maximum absolute atomic E-state index is 9.96. The third kappa shape index (κ3) is 3.82. The van der Waals surface area contributed by atoms with Gasteiger partial charge in [-0.15, -0.1) is 0 Å². The van der Waals surface area contributed by atoms with Crippen molar-refractivity contribution < 1.29 is 9.84 Å². The molecule has 2 aliphatic carbocycles. The number of ether oxygens (including phenoxy) is 1. The van der Waals surface area contributed by atoms with E-state index in [4.69, 9.17) is 4.74 Å². The van der Waals surface area contributed by atoms with E-state index < -0.39 is 0 Å². The molecule has 2 aliphatic rings. The topological polar surface area (TPSA) is 29.5 Å². The van der Waals surface area contributed by atoms with Crippen LogP contribution in [0.4, 0.5) is 0 Å². The van der Waals surface area contributed by atoms with E-state index in [1.54, 1.807) is 0 Å². The van der Waals surface area contributed by atoms with Gasteiger partial charge in [-0.2, -0.15) is 0 Å². The van der Waals surface area contributed by atoms with Crippen molar-refractivity contribution in [3.05, 3.63) is 56.4 Å². The zero-order chi connectivity index (χ0) is 18.2. The Bertz CT molecular complexity index is 713. The van der Waals surface area contributed by atoms with Gasteiger partial charge in [-0.25, -0.2) is 0 Å². The molecule has 0 radical (unpaired) electrons. The number of aliphatic hydroxyl groups excluding tert-OH is 1. The Labute approximate surface area is 165 Å². The molecule has 0 bridgehead atoms. The Kier molecular flexibility index (Phi) is 5.36. The lowest BCUT2D eigenvalue weighted by Crippen LogP contribution is -2.34. The number of fused-ring (bicyclic) bond motifs is 1. The molecular formula is C22H29IO2. The number of rotatable bonds is 4. The first-order valence-electron chi connectivity index (χ1n) is 9.23. The number of hydrogen-bond donors (Lipinski definition) is 1. The summed E-state index contributed by atoms with van der Waals surface area (Å²) in [6.07, 6.45) is 8.49. The average Bonchev–Trinajstić information content (AvgIpc) is 2.58. The molecule has 1 unspecified atom stereocenters. The van der Waals surface area contributed by atoms with E-state index >= 15 is 0 Å². The number of aliphatic hydroxyl groups is 1. The van der Waals surface area contributed by atoms with Crippen LogP contribution >= 0.6 is 22.6 Å². The van der Waals surface area contributed by atoms with Crippen LogP contribution in [0.3, 0.4) is 0 Å². The fourth-order valence-electron chi connectivity index (χ4n) is 3.90. The molecule has 0 saturated heterocycles. The summed E-state index contributed by atoms with van der Waals surface area (Å²) in [6, 6.07) is 6.67. The third-order valence-electron chi connectivity index (χ3n) is 5.74. The molecule has 0 aliphatic heterocycles. The second-order valence-corrected chi connectivity index (χ2v) is 9.72. The molecule has 0 fully saturated rings. The summed E-state index contributed by atoms with van der Waals surface area (Å²) in [7, 11) is 0. The molecule has 3 rings (SSSR count). The van der Waals surface area contributed by atoms with Crippen molar-refractivity contribution in [2.24, 2.45) is 0 Å². The van der Waals surface area contributed by atoms with Gasteiger partial charge in [0.05, 0.1) is 10.2 Å². The molecule has 0 amide bonds. The molecule has 0 spiro atoms. The minimum Gasteiger partial charge on any atom is -0.483 e. The third-order valence-corrected chi connectivity index (χ3v) is 6.71. The van der Waals surface area contributed by atoms with Gasteiger partial charge in [-0.3, -0.25) is 0 Å². The molecule has 136 valence electrons. The van der Waals surface area contributed by atoms with Gasteiger partial charge in [-0.1, -0.05) is 52.0 Å². The van der Waals surface area contributed by atoms with E-state index in [1.807, 2.05) is 0 Å². The molecule has 25 heavy (non-hydrogen) atoms. The van der Waals surface area contributed by atoms with E-state index in [0.717, 1.165) is 27.7 Å². The van der Waals surface area contributed by atoms with Crippen LogP contribution in [0.5, 0.6) is 0 Å². The standard InChI is InChI=1S/C22H29IO2/c1-21(2)11-12-22(3,4)17-13-15(9-10-16(17)21)20(14-24)25-19-8-6-5-7-18(19)23/h7-10,13,20,24H,5-6,11-12,14H2,1-4H3. The Morgan fingerprint density at radius 2 is 1.68 bits per heavy atom. The predicted molar refractivity (Wildman–Crippen MR) is 112 cm³/mol. The monoisotopic (exact) mass is 452 g/mol. The molecule has 3 heteroatoms. The van der Waals surface area contributed by atoms with E-state index in [9.17, 15) is 5.11 Å². The fourth-order valence-corrected chi connectivity index (χ4v) is 4.56. The van der Waals surface area contributed by atoms with Gasteiger partial charge in [0.1, 0.15) is 11.9 Å². The lowest BCUT2D eigenvalue weighted by Gasteiger charge is -2.42. The second kappa shape index (κ2) is 7.07. The molecule has 0 saturated carbocycles. The highest BCUT2D eigenvalue weighted by atomic mass is 127. The van der Waals surface area contributed by atoms with Gasteiger partial charge >= 0.3 is 0 Å². The van der Waals surface area contributed by atoms with Gasteiger partial charge in [0, 0.05) is 0 Å². The summed E-state index contributed by atoms with van der Waals surface area (Å²) in [5, 5.41) is 9.96. The van der Waals surface area contributed by atoms with Crippen molar-refractivity contribution in [2.75, 3.05) is 6.61 Å². The van der Waals surface area contributed by atoms with Gasteiger partial charge < -0.3 is 9.84 Å². The highest BCUT2D eigenvalue weighted by molar-refractivity contribution is 14.1. The molecule has 1 aromatic carbocycles. The molecule has 1 N–H and O–H groups in total. The largest absolute Gasteiger partial charge is 0.483 e. The van der Waals surface area contributed by atoms with Crippen LogP contribution in [0.15, 0.2) is 39.7 Å². The minimum atomic E-state index is -0.311. The van der Waals surface area contributed by atoms with Gasteiger partial charge in [0.25, 0.3) is 0 Å². The van der Waals surface area contributed by atoms with E-state index in [1.165, 1.54) is 24.0 Å². The lowest BCUT2D eigenvalue weighted by molar-refractivity contribution is 0.0632. The Balaban J connectivity index is 1.94. The molecule has 0 aromatic heterocycles. The normalized spacial score (nSPS) is 22.5. The van der Waals surface area contributed by atoms with Gasteiger partial charge in [0.2, 0.25) is 0 Å². The van der Waals surface area contributed by atoms with Crippen LogP contribution in [0, 0.1) is 0 Å². The van der Waals surface area contributed by atoms with E-state index in [0.29, 0.717) is 0 Å².